The molecule has 3 nitrogen and oxygen atoms in total. The summed E-state index contributed by atoms with van der Waals surface area (Å²) in [5.74, 6) is 0.616. The summed E-state index contributed by atoms with van der Waals surface area (Å²) in [7, 11) is 0. The van der Waals surface area contributed by atoms with Gasteiger partial charge in [0, 0.05) is 12.1 Å². The smallest absolute Gasteiger partial charge is 0.224 e. The highest BCUT2D eigenvalue weighted by atomic mass is 19.1. The highest BCUT2D eigenvalue weighted by Crippen LogP contribution is 2.39. The van der Waals surface area contributed by atoms with Crippen molar-refractivity contribution < 1.29 is 9.18 Å². The Morgan fingerprint density at radius 2 is 1.90 bits per heavy atom. The Labute approximate surface area is 125 Å². The van der Waals surface area contributed by atoms with Crippen LogP contribution in [0.5, 0.6) is 0 Å². The fourth-order valence-electron chi connectivity index (χ4n) is 4.08. The summed E-state index contributed by atoms with van der Waals surface area (Å²) in [4.78, 5) is 12.2. The molecule has 114 valence electrons. The van der Waals surface area contributed by atoms with Crippen molar-refractivity contribution in [3.63, 3.8) is 0 Å². The van der Waals surface area contributed by atoms with Crippen LogP contribution in [-0.2, 0) is 11.2 Å². The molecular formula is C17H23FN2O. The van der Waals surface area contributed by atoms with Crippen molar-refractivity contribution in [3.8, 4) is 0 Å². The predicted molar refractivity (Wildman–Crippen MR) is 80.1 cm³/mol. The summed E-state index contributed by atoms with van der Waals surface area (Å²) < 4.78 is 13.6. The molecule has 2 aliphatic rings. The molecule has 2 unspecified atom stereocenters. The van der Waals surface area contributed by atoms with Gasteiger partial charge in [0.15, 0.2) is 0 Å². The van der Waals surface area contributed by atoms with Crippen LogP contribution in [0.3, 0.4) is 0 Å². The molecule has 2 saturated carbocycles. The molecule has 0 spiro atoms. The standard InChI is InChI=1S/C17H23FN2O/c18-15-7-2-1-4-11(15)10-16(21)20-17-12-5-3-6-13(17)9-14(19)8-12/h1-2,4,7,12-14,17H,3,5-6,8-10,19H2,(H,20,21). The van der Waals surface area contributed by atoms with Gasteiger partial charge in [-0.3, -0.25) is 4.79 Å². The summed E-state index contributed by atoms with van der Waals surface area (Å²) in [5, 5.41) is 3.16. The number of nitrogens with one attached hydrogen (secondary N) is 1. The molecule has 2 aliphatic carbocycles. The summed E-state index contributed by atoms with van der Waals surface area (Å²) in [6.07, 6.45) is 5.66. The fraction of sp³-hybridized carbons (Fsp3) is 0.588. The Balaban J connectivity index is 1.63. The molecular weight excluding hydrogens is 267 g/mol. The van der Waals surface area contributed by atoms with Gasteiger partial charge in [-0.25, -0.2) is 4.39 Å². The molecule has 4 heteroatoms. The number of halogens is 1. The van der Waals surface area contributed by atoms with Gasteiger partial charge in [-0.15, -0.1) is 0 Å². The Kier molecular flexibility index (Phi) is 4.24. The third-order valence-electron chi connectivity index (χ3n) is 5.01. The first-order chi connectivity index (χ1) is 10.1. The van der Waals surface area contributed by atoms with E-state index in [0.717, 1.165) is 25.7 Å². The van der Waals surface area contributed by atoms with Gasteiger partial charge in [-0.1, -0.05) is 24.6 Å². The third kappa shape index (κ3) is 3.26. The maximum atomic E-state index is 13.6. The zero-order valence-electron chi connectivity index (χ0n) is 12.2. The summed E-state index contributed by atoms with van der Waals surface area (Å²) in [5.41, 5.74) is 6.56. The zero-order chi connectivity index (χ0) is 14.8. The molecule has 3 rings (SSSR count). The van der Waals surface area contributed by atoms with E-state index in [4.69, 9.17) is 5.73 Å². The minimum absolute atomic E-state index is 0.0718. The van der Waals surface area contributed by atoms with E-state index in [1.807, 2.05) is 0 Å². The van der Waals surface area contributed by atoms with E-state index >= 15 is 0 Å². The second-order valence-electron chi connectivity index (χ2n) is 6.54. The van der Waals surface area contributed by atoms with E-state index in [-0.39, 0.29) is 30.2 Å². The number of hydrogen-bond donors (Lipinski definition) is 2. The van der Waals surface area contributed by atoms with Gasteiger partial charge < -0.3 is 11.1 Å². The maximum absolute atomic E-state index is 13.6. The molecule has 1 aromatic carbocycles. The molecule has 0 aliphatic heterocycles. The van der Waals surface area contributed by atoms with Crippen molar-refractivity contribution in [1.29, 1.82) is 0 Å². The largest absolute Gasteiger partial charge is 0.353 e. The van der Waals surface area contributed by atoms with Crippen LogP contribution in [-0.4, -0.2) is 18.0 Å². The van der Waals surface area contributed by atoms with Gasteiger partial charge in [-0.05, 0) is 49.1 Å². The van der Waals surface area contributed by atoms with E-state index in [2.05, 4.69) is 5.32 Å². The van der Waals surface area contributed by atoms with Crippen molar-refractivity contribution in [2.45, 2.75) is 50.6 Å². The van der Waals surface area contributed by atoms with Gasteiger partial charge >= 0.3 is 0 Å². The SMILES string of the molecule is NC1CC2CCCC(C1)C2NC(=O)Cc1ccccc1F. The van der Waals surface area contributed by atoms with Gasteiger partial charge in [0.25, 0.3) is 0 Å². The Bertz CT molecular complexity index is 505. The number of benzene rings is 1. The lowest BCUT2D eigenvalue weighted by atomic mass is 9.67. The highest BCUT2D eigenvalue weighted by molar-refractivity contribution is 5.79. The van der Waals surface area contributed by atoms with E-state index in [1.165, 1.54) is 12.5 Å². The highest BCUT2D eigenvalue weighted by Gasteiger charge is 2.39. The van der Waals surface area contributed by atoms with Crippen LogP contribution in [0, 0.1) is 17.7 Å². The molecule has 0 heterocycles. The van der Waals surface area contributed by atoms with Gasteiger partial charge in [0.05, 0.1) is 6.42 Å². The second kappa shape index (κ2) is 6.14. The summed E-state index contributed by atoms with van der Waals surface area (Å²) >= 11 is 0. The van der Waals surface area contributed by atoms with Gasteiger partial charge in [0.2, 0.25) is 5.91 Å². The number of rotatable bonds is 3. The molecule has 0 saturated heterocycles. The van der Waals surface area contributed by atoms with Crippen LogP contribution < -0.4 is 11.1 Å². The van der Waals surface area contributed by atoms with Crippen LogP contribution in [0.2, 0.25) is 0 Å². The number of carbonyl (C=O) groups is 1. The number of hydrogen-bond acceptors (Lipinski definition) is 2. The van der Waals surface area contributed by atoms with Gasteiger partial charge in [-0.2, -0.15) is 0 Å². The average Bonchev–Trinajstić information content (AvgIpc) is 2.42. The minimum atomic E-state index is -0.307. The lowest BCUT2D eigenvalue weighted by Gasteiger charge is -2.45. The van der Waals surface area contributed by atoms with E-state index < -0.39 is 0 Å². The molecule has 2 fully saturated rings. The average molecular weight is 290 g/mol. The van der Waals surface area contributed by atoms with Crippen LogP contribution >= 0.6 is 0 Å². The second-order valence-corrected chi connectivity index (χ2v) is 6.54. The number of carbonyl (C=O) groups excluding carboxylic acids is 1. The van der Waals surface area contributed by atoms with E-state index in [9.17, 15) is 9.18 Å². The van der Waals surface area contributed by atoms with Crippen LogP contribution in [0.15, 0.2) is 24.3 Å². The molecule has 1 amide bonds. The quantitative estimate of drug-likeness (QED) is 0.898. The van der Waals surface area contributed by atoms with Crippen molar-refractivity contribution in [2.75, 3.05) is 0 Å². The first-order valence-corrected chi connectivity index (χ1v) is 7.92. The fourth-order valence-corrected chi connectivity index (χ4v) is 4.08. The molecule has 3 N–H and O–H groups in total. The summed E-state index contributed by atoms with van der Waals surface area (Å²) in [6, 6.07) is 6.99. The Morgan fingerprint density at radius 3 is 2.57 bits per heavy atom. The molecule has 0 radical (unpaired) electrons. The Morgan fingerprint density at radius 1 is 1.24 bits per heavy atom. The number of fused-ring (bicyclic) bond motifs is 2. The predicted octanol–water partition coefficient (Wildman–Crippen LogP) is 2.39. The zero-order valence-corrected chi connectivity index (χ0v) is 12.2. The normalized spacial score (nSPS) is 31.7. The molecule has 0 aromatic heterocycles. The Hall–Kier alpha value is -1.42. The minimum Gasteiger partial charge on any atom is -0.353 e. The first-order valence-electron chi connectivity index (χ1n) is 7.92. The van der Waals surface area contributed by atoms with Crippen molar-refractivity contribution in [1.82, 2.24) is 5.32 Å². The molecule has 21 heavy (non-hydrogen) atoms. The van der Waals surface area contributed by atoms with Crippen molar-refractivity contribution in [2.24, 2.45) is 17.6 Å². The topological polar surface area (TPSA) is 55.1 Å². The maximum Gasteiger partial charge on any atom is 0.224 e. The van der Waals surface area contributed by atoms with E-state index in [0.29, 0.717) is 17.4 Å². The first kappa shape index (κ1) is 14.5. The lowest BCUT2D eigenvalue weighted by Crippen LogP contribution is -2.54. The van der Waals surface area contributed by atoms with Crippen molar-refractivity contribution >= 4 is 5.91 Å². The van der Waals surface area contributed by atoms with Crippen LogP contribution in [0.1, 0.15) is 37.7 Å². The molecule has 1 aromatic rings. The van der Waals surface area contributed by atoms with Crippen molar-refractivity contribution in [3.05, 3.63) is 35.6 Å². The third-order valence-corrected chi connectivity index (χ3v) is 5.01. The van der Waals surface area contributed by atoms with Crippen LogP contribution in [0.25, 0.3) is 0 Å². The number of amides is 1. The lowest BCUT2D eigenvalue weighted by molar-refractivity contribution is -0.122. The number of nitrogens with two attached hydrogens (primary N) is 1. The molecule has 2 bridgehead atoms. The van der Waals surface area contributed by atoms with E-state index in [1.54, 1.807) is 18.2 Å². The summed E-state index contributed by atoms with van der Waals surface area (Å²) in [6.45, 7) is 0. The van der Waals surface area contributed by atoms with Crippen LogP contribution in [0.4, 0.5) is 4.39 Å². The monoisotopic (exact) mass is 290 g/mol. The van der Waals surface area contributed by atoms with Gasteiger partial charge in [0.1, 0.15) is 5.82 Å². The molecule has 2 atom stereocenters.